The number of carbonyl (C=O) groups is 1. The summed E-state index contributed by atoms with van der Waals surface area (Å²) in [6.07, 6.45) is 7.79. The number of hydrogen-bond acceptors (Lipinski definition) is 4. The standard InChI is InChI=1S/C25H16N4O3/c30-25(31)24-8-7-23(32-24)21-12-20-11-18-4-3-16(27-18)9-14-1-2-15(26-14)10-17-5-6-19(28-17)13-22(21)29-20/h1-13,26,29H,(H,30,31). The number of carboxylic acids is 1. The number of hydrogen-bond donors (Lipinski definition) is 3. The van der Waals surface area contributed by atoms with Crippen LogP contribution in [0.3, 0.4) is 0 Å². The molecule has 0 aliphatic carbocycles. The molecule has 7 nitrogen and oxygen atoms in total. The van der Waals surface area contributed by atoms with Gasteiger partial charge in [-0.25, -0.2) is 14.8 Å². The van der Waals surface area contributed by atoms with E-state index in [-0.39, 0.29) is 5.76 Å². The van der Waals surface area contributed by atoms with Gasteiger partial charge in [-0.1, -0.05) is 0 Å². The Bertz CT molecular complexity index is 1610. The van der Waals surface area contributed by atoms with Gasteiger partial charge < -0.3 is 19.5 Å². The molecule has 0 amide bonds. The Morgan fingerprint density at radius 3 is 1.91 bits per heavy atom. The van der Waals surface area contributed by atoms with Gasteiger partial charge in [0.15, 0.2) is 0 Å². The second-order valence-electron chi connectivity index (χ2n) is 7.56. The third-order valence-corrected chi connectivity index (χ3v) is 5.25. The van der Waals surface area contributed by atoms with E-state index in [0.717, 1.165) is 50.4 Å². The van der Waals surface area contributed by atoms with Gasteiger partial charge in [0, 0.05) is 22.1 Å². The fourth-order valence-corrected chi connectivity index (χ4v) is 3.82. The minimum Gasteiger partial charge on any atom is -0.475 e. The van der Waals surface area contributed by atoms with E-state index in [2.05, 4.69) is 19.9 Å². The number of furan rings is 1. The molecule has 6 heterocycles. The third-order valence-electron chi connectivity index (χ3n) is 5.25. The highest BCUT2D eigenvalue weighted by Gasteiger charge is 2.13. The lowest BCUT2D eigenvalue weighted by molar-refractivity contribution is 0.0663. The summed E-state index contributed by atoms with van der Waals surface area (Å²) in [6, 6.07) is 16.8. The molecule has 8 bridgehead atoms. The summed E-state index contributed by atoms with van der Waals surface area (Å²) < 4.78 is 5.56. The number of aromatic amines is 2. The average Bonchev–Trinajstić information content (AvgIpc) is 3.56. The molecule has 4 aromatic rings. The van der Waals surface area contributed by atoms with Gasteiger partial charge in [-0.2, -0.15) is 0 Å². The zero-order valence-corrected chi connectivity index (χ0v) is 16.7. The van der Waals surface area contributed by atoms with Crippen molar-refractivity contribution in [2.45, 2.75) is 0 Å². The molecule has 0 radical (unpaired) electrons. The maximum atomic E-state index is 11.3. The van der Waals surface area contributed by atoms with Gasteiger partial charge in [-0.05, 0) is 78.9 Å². The number of fused-ring (bicyclic) bond motifs is 8. The lowest BCUT2D eigenvalue weighted by atomic mass is 10.2. The SMILES string of the molecule is O=C(O)c1ccc(-c2cc3cc4nc(cc5ccc(cc6nc(cc2[nH]3)C=C6)[nH]5)C=C4)o1. The molecule has 0 atom stereocenters. The maximum absolute atomic E-state index is 11.3. The molecule has 0 saturated carbocycles. The van der Waals surface area contributed by atoms with E-state index in [1.165, 1.54) is 6.07 Å². The molecule has 0 saturated heterocycles. The summed E-state index contributed by atoms with van der Waals surface area (Å²) in [5, 5.41) is 9.22. The molecule has 0 fully saturated rings. The van der Waals surface area contributed by atoms with Crippen LogP contribution in [-0.4, -0.2) is 31.0 Å². The van der Waals surface area contributed by atoms with E-state index in [1.54, 1.807) is 6.07 Å². The van der Waals surface area contributed by atoms with Crippen LogP contribution in [0, 0.1) is 0 Å². The summed E-state index contributed by atoms with van der Waals surface area (Å²) in [4.78, 5) is 27.3. The third kappa shape index (κ3) is 3.31. The smallest absolute Gasteiger partial charge is 0.371 e. The fraction of sp³-hybridized carbons (Fsp3) is 0. The van der Waals surface area contributed by atoms with Crippen LogP contribution in [0.1, 0.15) is 33.3 Å². The number of aromatic nitrogens is 4. The monoisotopic (exact) mass is 420 g/mol. The zero-order valence-electron chi connectivity index (χ0n) is 16.7. The highest BCUT2D eigenvalue weighted by Crippen LogP contribution is 2.29. The van der Waals surface area contributed by atoms with Crippen molar-refractivity contribution in [3.05, 3.63) is 83.1 Å². The lowest BCUT2D eigenvalue weighted by Crippen LogP contribution is -1.91. The molecule has 2 aliphatic heterocycles. The molecule has 0 unspecified atom stereocenters. The van der Waals surface area contributed by atoms with Gasteiger partial charge in [-0.3, -0.25) is 0 Å². The number of nitrogens with zero attached hydrogens (tertiary/aromatic N) is 2. The van der Waals surface area contributed by atoms with Crippen LogP contribution >= 0.6 is 0 Å². The van der Waals surface area contributed by atoms with Gasteiger partial charge in [0.25, 0.3) is 0 Å². The van der Waals surface area contributed by atoms with E-state index in [4.69, 9.17) is 4.42 Å². The summed E-state index contributed by atoms with van der Waals surface area (Å²) in [7, 11) is 0. The van der Waals surface area contributed by atoms with E-state index in [0.29, 0.717) is 5.76 Å². The number of rotatable bonds is 2. The van der Waals surface area contributed by atoms with E-state index in [9.17, 15) is 9.90 Å². The first kappa shape index (κ1) is 18.1. The number of H-pyrrole nitrogens is 2. The van der Waals surface area contributed by atoms with Crippen LogP contribution in [0.4, 0.5) is 0 Å². The van der Waals surface area contributed by atoms with Crippen molar-refractivity contribution in [2.24, 2.45) is 0 Å². The quantitative estimate of drug-likeness (QED) is 0.337. The highest BCUT2D eigenvalue weighted by molar-refractivity contribution is 5.89. The van der Waals surface area contributed by atoms with Crippen LogP contribution < -0.4 is 0 Å². The Hall–Kier alpha value is -4.65. The van der Waals surface area contributed by atoms with Crippen molar-refractivity contribution in [1.29, 1.82) is 0 Å². The molecule has 4 aromatic heterocycles. The lowest BCUT2D eigenvalue weighted by Gasteiger charge is -1.93. The van der Waals surface area contributed by atoms with Crippen LogP contribution in [0.25, 0.3) is 57.7 Å². The van der Waals surface area contributed by atoms with Gasteiger partial charge >= 0.3 is 5.97 Å². The molecule has 6 rings (SSSR count). The molecule has 0 aromatic carbocycles. The molecule has 3 N–H and O–H groups in total. The second kappa shape index (κ2) is 6.95. The Morgan fingerprint density at radius 2 is 1.31 bits per heavy atom. The van der Waals surface area contributed by atoms with Crippen molar-refractivity contribution in [2.75, 3.05) is 0 Å². The van der Waals surface area contributed by atoms with E-state index in [1.807, 2.05) is 66.8 Å². The Labute approximate surface area is 181 Å². The Kier molecular flexibility index (Phi) is 3.94. The molecule has 2 aliphatic rings. The minimum atomic E-state index is -1.11. The van der Waals surface area contributed by atoms with Gasteiger partial charge in [0.1, 0.15) is 5.76 Å². The maximum Gasteiger partial charge on any atom is 0.371 e. The number of aromatic carboxylic acids is 1. The number of carboxylic acid groups (broad SMARTS) is 1. The van der Waals surface area contributed by atoms with Crippen LogP contribution in [0.15, 0.2) is 59.0 Å². The van der Waals surface area contributed by atoms with Crippen molar-refractivity contribution in [1.82, 2.24) is 19.9 Å². The zero-order chi connectivity index (χ0) is 21.7. The summed E-state index contributed by atoms with van der Waals surface area (Å²) >= 11 is 0. The Balaban J connectivity index is 1.65. The Morgan fingerprint density at radius 1 is 0.719 bits per heavy atom. The first-order valence-corrected chi connectivity index (χ1v) is 10.0. The molecule has 7 heteroatoms. The van der Waals surface area contributed by atoms with Crippen LogP contribution in [-0.2, 0) is 0 Å². The second-order valence-corrected chi connectivity index (χ2v) is 7.56. The predicted octanol–water partition coefficient (Wildman–Crippen LogP) is 5.61. The van der Waals surface area contributed by atoms with E-state index >= 15 is 0 Å². The molecule has 32 heavy (non-hydrogen) atoms. The van der Waals surface area contributed by atoms with Crippen molar-refractivity contribution in [3.8, 4) is 11.3 Å². The first-order chi connectivity index (χ1) is 15.6. The van der Waals surface area contributed by atoms with Crippen molar-refractivity contribution in [3.63, 3.8) is 0 Å². The van der Waals surface area contributed by atoms with E-state index < -0.39 is 5.97 Å². The van der Waals surface area contributed by atoms with Gasteiger partial charge in [-0.15, -0.1) is 0 Å². The highest BCUT2D eigenvalue weighted by atomic mass is 16.4. The number of nitrogens with one attached hydrogen (secondary N) is 2. The first-order valence-electron chi connectivity index (χ1n) is 10.0. The summed E-state index contributed by atoms with van der Waals surface area (Å²) in [6.45, 7) is 0. The molecular formula is C25H16N4O3. The average molecular weight is 420 g/mol. The van der Waals surface area contributed by atoms with Gasteiger partial charge in [0.05, 0.1) is 28.3 Å². The van der Waals surface area contributed by atoms with Gasteiger partial charge in [0.2, 0.25) is 5.76 Å². The van der Waals surface area contributed by atoms with Crippen molar-refractivity contribution < 1.29 is 14.3 Å². The summed E-state index contributed by atoms with van der Waals surface area (Å²) in [5.74, 6) is -0.754. The molecule has 154 valence electrons. The topological polar surface area (TPSA) is 108 Å². The molecular weight excluding hydrogens is 404 g/mol. The fourth-order valence-electron chi connectivity index (χ4n) is 3.82. The minimum absolute atomic E-state index is 0.109. The van der Waals surface area contributed by atoms with Crippen molar-refractivity contribution >= 4 is 52.3 Å². The van der Waals surface area contributed by atoms with Crippen LogP contribution in [0.5, 0.6) is 0 Å². The molecule has 0 spiro atoms. The largest absolute Gasteiger partial charge is 0.475 e. The normalized spacial score (nSPS) is 12.4. The predicted molar refractivity (Wildman–Crippen MR) is 124 cm³/mol. The van der Waals surface area contributed by atoms with Crippen LogP contribution in [0.2, 0.25) is 0 Å². The summed E-state index contributed by atoms with van der Waals surface area (Å²) in [5.41, 5.74) is 7.49.